The first-order valence-electron chi connectivity index (χ1n) is 8.31. The van der Waals surface area contributed by atoms with Crippen molar-refractivity contribution in [1.82, 2.24) is 0 Å². The van der Waals surface area contributed by atoms with E-state index in [1.165, 1.54) is 24.0 Å². The lowest BCUT2D eigenvalue weighted by Crippen LogP contribution is -2.31. The smallest absolute Gasteiger partial charge is 0.294 e. The van der Waals surface area contributed by atoms with Gasteiger partial charge < -0.3 is 10.4 Å². The van der Waals surface area contributed by atoms with Crippen LogP contribution in [-0.2, 0) is 9.59 Å². The predicted octanol–water partition coefficient (Wildman–Crippen LogP) is 4.45. The number of aliphatic hydroxyl groups is 1. The van der Waals surface area contributed by atoms with Gasteiger partial charge in [-0.25, -0.2) is 4.39 Å². The van der Waals surface area contributed by atoms with Gasteiger partial charge >= 0.3 is 0 Å². The van der Waals surface area contributed by atoms with Gasteiger partial charge in [0, 0.05) is 22.8 Å². The highest BCUT2D eigenvalue weighted by Gasteiger charge is 2.44. The molecule has 3 rings (SSSR count). The molecule has 6 nitrogen and oxygen atoms in total. The molecular formula is C20H17BrFN3O3. The van der Waals surface area contributed by atoms with Crippen LogP contribution in [0.1, 0.15) is 18.5 Å². The molecule has 8 heteroatoms. The molecule has 2 aromatic rings. The number of anilines is 2. The Morgan fingerprint density at radius 1 is 1.32 bits per heavy atom. The highest BCUT2D eigenvalue weighted by Crippen LogP contribution is 2.43. The van der Waals surface area contributed by atoms with Crippen LogP contribution in [0, 0.1) is 5.82 Å². The summed E-state index contributed by atoms with van der Waals surface area (Å²) in [5.41, 5.74) is 1.44. The number of carbonyl (C=O) groups is 2. The summed E-state index contributed by atoms with van der Waals surface area (Å²) in [6.45, 7) is 4.74. The van der Waals surface area contributed by atoms with Gasteiger partial charge in [0.25, 0.3) is 5.91 Å². The van der Waals surface area contributed by atoms with Gasteiger partial charge in [-0.15, -0.1) is 0 Å². The van der Waals surface area contributed by atoms with E-state index in [2.05, 4.69) is 33.0 Å². The first kappa shape index (κ1) is 19.8. The number of carbonyl (C=O) groups excluding carboxylic acids is 2. The van der Waals surface area contributed by atoms with Crippen molar-refractivity contribution in [3.63, 3.8) is 0 Å². The number of amides is 1. The molecule has 144 valence electrons. The minimum atomic E-state index is -1.10. The lowest BCUT2D eigenvalue weighted by molar-refractivity contribution is -0.117. The average molecular weight is 446 g/mol. The fraction of sp³-hybridized carbons (Fsp3) is 0.150. The second-order valence-electron chi connectivity index (χ2n) is 6.17. The Hall–Kier alpha value is -3.00. The number of aliphatic hydroxyl groups excluding tert-OH is 1. The maximum atomic E-state index is 14.7. The zero-order valence-corrected chi connectivity index (χ0v) is 16.7. The van der Waals surface area contributed by atoms with Crippen LogP contribution in [0.15, 0.2) is 57.2 Å². The van der Waals surface area contributed by atoms with E-state index in [9.17, 15) is 19.1 Å². The molecule has 0 aromatic heterocycles. The summed E-state index contributed by atoms with van der Waals surface area (Å²) >= 11 is 3.19. The largest absolute Gasteiger partial charge is 0.503 e. The quantitative estimate of drug-likeness (QED) is 0.665. The zero-order valence-electron chi connectivity index (χ0n) is 15.2. The summed E-state index contributed by atoms with van der Waals surface area (Å²) in [6, 6.07) is 8.11. The summed E-state index contributed by atoms with van der Waals surface area (Å²) in [5, 5.41) is 13.3. The molecule has 0 saturated heterocycles. The Kier molecular flexibility index (Phi) is 5.33. The number of nitrogens with zero attached hydrogens (tertiary/aromatic N) is 2. The second-order valence-corrected chi connectivity index (χ2v) is 7.09. The first-order valence-corrected chi connectivity index (χ1v) is 9.10. The number of nitrogens with one attached hydrogen (secondary N) is 1. The zero-order chi connectivity index (χ0) is 20.6. The van der Waals surface area contributed by atoms with Gasteiger partial charge in [-0.2, -0.15) is 0 Å². The molecule has 1 unspecified atom stereocenters. The van der Waals surface area contributed by atoms with Crippen LogP contribution in [-0.4, -0.2) is 30.6 Å². The van der Waals surface area contributed by atoms with Crippen LogP contribution in [0.3, 0.4) is 0 Å². The fourth-order valence-electron chi connectivity index (χ4n) is 3.26. The second kappa shape index (κ2) is 7.55. The Morgan fingerprint density at radius 2 is 2.04 bits per heavy atom. The number of halogens is 2. The van der Waals surface area contributed by atoms with Gasteiger partial charge in [0.15, 0.2) is 11.5 Å². The number of rotatable bonds is 5. The molecule has 0 saturated carbocycles. The number of hydrogen-bond acceptors (Lipinski definition) is 5. The molecule has 0 radical (unpaired) electrons. The molecule has 1 aliphatic rings. The lowest BCUT2D eigenvalue weighted by Gasteiger charge is -2.27. The molecule has 0 spiro atoms. The van der Waals surface area contributed by atoms with E-state index in [0.29, 0.717) is 21.5 Å². The van der Waals surface area contributed by atoms with Crippen LogP contribution < -0.4 is 10.2 Å². The molecule has 1 atom stereocenters. The molecule has 28 heavy (non-hydrogen) atoms. The molecule has 1 heterocycles. The van der Waals surface area contributed by atoms with Crippen molar-refractivity contribution < 1.29 is 19.1 Å². The van der Waals surface area contributed by atoms with Gasteiger partial charge in [-0.3, -0.25) is 19.5 Å². The van der Waals surface area contributed by atoms with Crippen molar-refractivity contribution in [2.24, 2.45) is 4.99 Å². The van der Waals surface area contributed by atoms with Crippen LogP contribution in [0.2, 0.25) is 0 Å². The number of benzene rings is 2. The molecule has 0 bridgehead atoms. The molecule has 1 amide bonds. The Bertz CT molecular complexity index is 1040. The number of aliphatic imine (C=N–C) groups is 1. The van der Waals surface area contributed by atoms with Crippen LogP contribution in [0.5, 0.6) is 0 Å². The summed E-state index contributed by atoms with van der Waals surface area (Å²) in [7, 11) is 1.71. The number of ketones is 1. The highest BCUT2D eigenvalue weighted by molar-refractivity contribution is 9.10. The van der Waals surface area contributed by atoms with E-state index in [1.54, 1.807) is 31.3 Å². The van der Waals surface area contributed by atoms with Crippen molar-refractivity contribution in [1.29, 1.82) is 0 Å². The van der Waals surface area contributed by atoms with Crippen molar-refractivity contribution in [2.75, 3.05) is 17.3 Å². The van der Waals surface area contributed by atoms with E-state index in [1.807, 2.05) is 0 Å². The highest BCUT2D eigenvalue weighted by atomic mass is 79.9. The van der Waals surface area contributed by atoms with Gasteiger partial charge in [0.05, 0.1) is 23.0 Å². The summed E-state index contributed by atoms with van der Waals surface area (Å²) in [4.78, 5) is 30.1. The molecule has 2 N–H and O–H groups in total. The third-order valence-corrected chi connectivity index (χ3v) is 5.04. The molecule has 1 aliphatic heterocycles. The molecule has 0 aliphatic carbocycles. The SMILES string of the molecule is C=Nc1cc(N2C(=O)C(O)=C(C(C)=O)C2c2ccc(Br)cc2F)ccc1NC. The molecule has 0 fully saturated rings. The first-order chi connectivity index (χ1) is 13.3. The predicted molar refractivity (Wildman–Crippen MR) is 110 cm³/mol. The standard InChI is InChI=1S/C20H17BrFN3O3/c1-10(26)17-18(13-6-4-11(21)8-14(13)22)25(20(28)19(17)27)12-5-7-15(23-2)16(9-12)24-3/h4-9,18,23,27H,3H2,1-2H3. The van der Waals surface area contributed by atoms with E-state index >= 15 is 0 Å². The monoisotopic (exact) mass is 445 g/mol. The number of Topliss-reactive ketones (excluding diaryl/α,β-unsaturated/α-hetero) is 1. The summed E-state index contributed by atoms with van der Waals surface area (Å²) in [5.74, 6) is -2.61. The third-order valence-electron chi connectivity index (χ3n) is 4.54. The Balaban J connectivity index is 2.23. The normalized spacial score (nSPS) is 16.5. The molecule has 2 aromatic carbocycles. The Labute approximate surface area is 169 Å². The fourth-order valence-corrected chi connectivity index (χ4v) is 3.59. The summed E-state index contributed by atoms with van der Waals surface area (Å²) in [6.07, 6.45) is 0. The maximum Gasteiger partial charge on any atom is 0.294 e. The molecular weight excluding hydrogens is 429 g/mol. The van der Waals surface area contributed by atoms with E-state index in [-0.39, 0.29) is 11.1 Å². The minimum absolute atomic E-state index is 0.0941. The van der Waals surface area contributed by atoms with Crippen molar-refractivity contribution in [2.45, 2.75) is 13.0 Å². The minimum Gasteiger partial charge on any atom is -0.503 e. The van der Waals surface area contributed by atoms with E-state index in [0.717, 1.165) is 0 Å². The van der Waals surface area contributed by atoms with Crippen molar-refractivity contribution in [3.05, 3.63) is 63.6 Å². The van der Waals surface area contributed by atoms with Crippen LogP contribution in [0.25, 0.3) is 0 Å². The van der Waals surface area contributed by atoms with E-state index < -0.39 is 29.3 Å². The lowest BCUT2D eigenvalue weighted by atomic mass is 9.96. The Morgan fingerprint density at radius 3 is 2.61 bits per heavy atom. The van der Waals surface area contributed by atoms with E-state index in [4.69, 9.17) is 0 Å². The van der Waals surface area contributed by atoms with Crippen molar-refractivity contribution >= 4 is 51.4 Å². The average Bonchev–Trinajstić information content (AvgIpc) is 2.92. The van der Waals surface area contributed by atoms with Gasteiger partial charge in [0.2, 0.25) is 0 Å². The van der Waals surface area contributed by atoms with Crippen molar-refractivity contribution in [3.8, 4) is 0 Å². The third kappa shape index (κ3) is 3.20. The maximum absolute atomic E-state index is 14.7. The van der Waals surface area contributed by atoms with Gasteiger partial charge in [-0.05, 0) is 44.0 Å². The topological polar surface area (TPSA) is 82.0 Å². The van der Waals surface area contributed by atoms with Crippen LogP contribution in [0.4, 0.5) is 21.5 Å². The van der Waals surface area contributed by atoms with Crippen LogP contribution >= 0.6 is 15.9 Å². The summed E-state index contributed by atoms with van der Waals surface area (Å²) < 4.78 is 15.2. The number of hydrogen-bond donors (Lipinski definition) is 2. The van der Waals surface area contributed by atoms with Gasteiger partial charge in [0.1, 0.15) is 5.82 Å². The van der Waals surface area contributed by atoms with Gasteiger partial charge in [-0.1, -0.05) is 22.0 Å².